The highest BCUT2D eigenvalue weighted by Gasteiger charge is 2.32. The van der Waals surface area contributed by atoms with Crippen LogP contribution in [0, 0.1) is 18.7 Å². The Hall–Kier alpha value is -2.49. The fourth-order valence-corrected chi connectivity index (χ4v) is 5.59. The molecule has 1 saturated heterocycles. The smallest absolute Gasteiger partial charge is 0.338 e. The van der Waals surface area contributed by atoms with Crippen LogP contribution in [-0.4, -0.2) is 44.8 Å². The third-order valence-electron chi connectivity index (χ3n) is 5.60. The van der Waals surface area contributed by atoms with Gasteiger partial charge in [0.05, 0.1) is 18.4 Å². The highest BCUT2D eigenvalue weighted by molar-refractivity contribution is 7.88. The Labute approximate surface area is 191 Å². The van der Waals surface area contributed by atoms with E-state index in [0.29, 0.717) is 29.7 Å². The predicted molar refractivity (Wildman–Crippen MR) is 119 cm³/mol. The fraction of sp³-hybridized carbons (Fsp3) is 0.364. The van der Waals surface area contributed by atoms with E-state index < -0.39 is 27.6 Å². The van der Waals surface area contributed by atoms with Crippen LogP contribution in [0.4, 0.5) is 10.1 Å². The van der Waals surface area contributed by atoms with E-state index in [4.69, 9.17) is 16.3 Å². The summed E-state index contributed by atoms with van der Waals surface area (Å²) in [6.45, 7) is 2.01. The van der Waals surface area contributed by atoms with Gasteiger partial charge in [0.1, 0.15) is 5.82 Å². The molecule has 0 atom stereocenters. The molecule has 1 heterocycles. The molecule has 0 bridgehead atoms. The number of methoxy groups -OCH3 is 1. The summed E-state index contributed by atoms with van der Waals surface area (Å²) < 4.78 is 45.5. The van der Waals surface area contributed by atoms with Crippen LogP contribution in [0.25, 0.3) is 0 Å². The molecule has 32 heavy (non-hydrogen) atoms. The van der Waals surface area contributed by atoms with E-state index in [1.807, 2.05) is 0 Å². The number of anilines is 1. The van der Waals surface area contributed by atoms with Crippen molar-refractivity contribution in [2.45, 2.75) is 25.5 Å². The fourth-order valence-electron chi connectivity index (χ4n) is 3.68. The molecule has 1 aliphatic heterocycles. The van der Waals surface area contributed by atoms with Crippen molar-refractivity contribution in [1.82, 2.24) is 4.31 Å². The first-order valence-corrected chi connectivity index (χ1v) is 12.0. The molecule has 2 aromatic rings. The largest absolute Gasteiger partial charge is 0.465 e. The van der Waals surface area contributed by atoms with Gasteiger partial charge in [0.15, 0.2) is 0 Å². The molecule has 0 saturated carbocycles. The number of carbonyl (C=O) groups is 2. The minimum Gasteiger partial charge on any atom is -0.465 e. The predicted octanol–water partition coefficient (Wildman–Crippen LogP) is 3.75. The first-order chi connectivity index (χ1) is 15.1. The number of ether oxygens (including phenoxy) is 1. The summed E-state index contributed by atoms with van der Waals surface area (Å²) in [5.74, 6) is -2.33. The van der Waals surface area contributed by atoms with Crippen molar-refractivity contribution in [3.63, 3.8) is 0 Å². The number of sulfonamides is 1. The number of halogens is 2. The molecule has 0 aromatic heterocycles. The van der Waals surface area contributed by atoms with Crippen molar-refractivity contribution in [2.24, 2.45) is 5.92 Å². The molecule has 7 nitrogen and oxygen atoms in total. The molecule has 1 aliphatic rings. The Morgan fingerprint density at radius 2 is 1.84 bits per heavy atom. The lowest BCUT2D eigenvalue weighted by atomic mass is 9.96. The Morgan fingerprint density at radius 3 is 2.47 bits per heavy atom. The van der Waals surface area contributed by atoms with E-state index in [2.05, 4.69) is 5.32 Å². The number of hydrogen-bond acceptors (Lipinski definition) is 5. The first-order valence-electron chi connectivity index (χ1n) is 10.0. The number of esters is 1. The van der Waals surface area contributed by atoms with Crippen molar-refractivity contribution in [2.75, 3.05) is 25.5 Å². The minimum atomic E-state index is -3.79. The zero-order chi connectivity index (χ0) is 23.5. The Morgan fingerprint density at radius 1 is 1.19 bits per heavy atom. The SMILES string of the molecule is COC(=O)c1cccc(NC(=O)C2CCN(S(=O)(=O)Cc3c(F)cccc3Cl)CC2)c1C. The van der Waals surface area contributed by atoms with E-state index in [-0.39, 0.29) is 35.5 Å². The maximum Gasteiger partial charge on any atom is 0.338 e. The van der Waals surface area contributed by atoms with Gasteiger partial charge in [-0.3, -0.25) is 4.79 Å². The van der Waals surface area contributed by atoms with Crippen LogP contribution in [-0.2, 0) is 25.3 Å². The van der Waals surface area contributed by atoms with Crippen LogP contribution in [0.15, 0.2) is 36.4 Å². The van der Waals surface area contributed by atoms with Crippen molar-refractivity contribution < 1.29 is 27.1 Å². The van der Waals surface area contributed by atoms with Crippen LogP contribution in [0.1, 0.15) is 34.3 Å². The number of rotatable bonds is 6. The van der Waals surface area contributed by atoms with Gasteiger partial charge in [0, 0.05) is 35.3 Å². The van der Waals surface area contributed by atoms with Crippen LogP contribution >= 0.6 is 11.6 Å². The summed E-state index contributed by atoms with van der Waals surface area (Å²) in [6, 6.07) is 8.99. The van der Waals surface area contributed by atoms with Gasteiger partial charge < -0.3 is 10.1 Å². The molecule has 1 fully saturated rings. The summed E-state index contributed by atoms with van der Waals surface area (Å²) in [7, 11) is -2.50. The summed E-state index contributed by atoms with van der Waals surface area (Å²) in [4.78, 5) is 24.6. The number of hydrogen-bond donors (Lipinski definition) is 1. The maximum absolute atomic E-state index is 14.0. The maximum atomic E-state index is 14.0. The van der Waals surface area contributed by atoms with Gasteiger partial charge in [0.25, 0.3) is 0 Å². The van der Waals surface area contributed by atoms with Gasteiger partial charge in [0.2, 0.25) is 15.9 Å². The minimum absolute atomic E-state index is 0.0602. The number of piperidine rings is 1. The van der Waals surface area contributed by atoms with E-state index in [1.165, 1.54) is 29.6 Å². The first kappa shape index (κ1) is 24.2. The summed E-state index contributed by atoms with van der Waals surface area (Å²) >= 11 is 5.96. The molecule has 0 aliphatic carbocycles. The third kappa shape index (κ3) is 5.28. The molecule has 172 valence electrons. The lowest BCUT2D eigenvalue weighted by Crippen LogP contribution is -2.42. The molecule has 0 unspecified atom stereocenters. The Kier molecular flexibility index (Phi) is 7.53. The molecular weight excluding hydrogens is 459 g/mol. The molecule has 2 aromatic carbocycles. The lowest BCUT2D eigenvalue weighted by Gasteiger charge is -2.30. The van der Waals surface area contributed by atoms with Gasteiger partial charge in [-0.25, -0.2) is 21.9 Å². The van der Waals surface area contributed by atoms with Crippen molar-refractivity contribution in [1.29, 1.82) is 0 Å². The van der Waals surface area contributed by atoms with Gasteiger partial charge in [-0.05, 0) is 49.6 Å². The number of benzene rings is 2. The second-order valence-electron chi connectivity index (χ2n) is 7.59. The molecule has 1 amide bonds. The Balaban J connectivity index is 1.63. The lowest BCUT2D eigenvalue weighted by molar-refractivity contribution is -0.120. The number of carbonyl (C=O) groups excluding carboxylic acids is 2. The van der Waals surface area contributed by atoms with E-state index >= 15 is 0 Å². The second kappa shape index (κ2) is 9.97. The monoisotopic (exact) mass is 482 g/mol. The summed E-state index contributed by atoms with van der Waals surface area (Å²) in [6.07, 6.45) is 0.650. The number of nitrogens with one attached hydrogen (secondary N) is 1. The van der Waals surface area contributed by atoms with Crippen LogP contribution in [0.3, 0.4) is 0 Å². The van der Waals surface area contributed by atoms with E-state index in [9.17, 15) is 22.4 Å². The van der Waals surface area contributed by atoms with E-state index in [0.717, 1.165) is 0 Å². The quantitative estimate of drug-likeness (QED) is 0.633. The zero-order valence-electron chi connectivity index (χ0n) is 17.7. The van der Waals surface area contributed by atoms with Crippen LogP contribution in [0.2, 0.25) is 5.02 Å². The molecule has 1 N–H and O–H groups in total. The normalized spacial score (nSPS) is 15.4. The highest BCUT2D eigenvalue weighted by atomic mass is 35.5. The molecule has 10 heteroatoms. The number of amides is 1. The topological polar surface area (TPSA) is 92.8 Å². The second-order valence-corrected chi connectivity index (χ2v) is 9.96. The molecule has 0 radical (unpaired) electrons. The van der Waals surface area contributed by atoms with Gasteiger partial charge >= 0.3 is 5.97 Å². The third-order valence-corrected chi connectivity index (χ3v) is 7.76. The Bertz CT molecular complexity index is 1110. The molecular formula is C22H24ClFN2O5S. The van der Waals surface area contributed by atoms with Gasteiger partial charge in [-0.1, -0.05) is 23.7 Å². The summed E-state index contributed by atoms with van der Waals surface area (Å²) in [5.41, 5.74) is 1.39. The average molecular weight is 483 g/mol. The van der Waals surface area contributed by atoms with Crippen LogP contribution < -0.4 is 5.32 Å². The average Bonchev–Trinajstić information content (AvgIpc) is 2.77. The standard InChI is InChI=1S/C22H24ClFN2O5S/c1-14-16(22(28)31-2)5-3-8-20(14)25-21(27)15-9-11-26(12-10-15)32(29,30)13-17-18(23)6-4-7-19(17)24/h3-8,15H,9-13H2,1-2H3,(H,25,27). The summed E-state index contributed by atoms with van der Waals surface area (Å²) in [5, 5.41) is 2.89. The zero-order valence-corrected chi connectivity index (χ0v) is 19.3. The van der Waals surface area contributed by atoms with Crippen LogP contribution in [0.5, 0.6) is 0 Å². The van der Waals surface area contributed by atoms with Gasteiger partial charge in [-0.2, -0.15) is 0 Å². The highest BCUT2D eigenvalue weighted by Crippen LogP contribution is 2.27. The van der Waals surface area contributed by atoms with E-state index in [1.54, 1.807) is 25.1 Å². The molecule has 0 spiro atoms. The van der Waals surface area contributed by atoms with Crippen molar-refractivity contribution >= 4 is 39.2 Å². The van der Waals surface area contributed by atoms with Crippen molar-refractivity contribution in [3.05, 3.63) is 63.9 Å². The van der Waals surface area contributed by atoms with Crippen molar-refractivity contribution in [3.8, 4) is 0 Å². The molecule has 3 rings (SSSR count). The van der Waals surface area contributed by atoms with Gasteiger partial charge in [-0.15, -0.1) is 0 Å². The number of nitrogens with zero attached hydrogens (tertiary/aromatic N) is 1.